The summed E-state index contributed by atoms with van der Waals surface area (Å²) in [6.07, 6.45) is -5.29. The molecule has 4 heterocycles. The lowest BCUT2D eigenvalue weighted by molar-refractivity contribution is -0.579. The first-order valence-corrected chi connectivity index (χ1v) is 11.1. The van der Waals surface area contributed by atoms with Crippen molar-refractivity contribution in [2.24, 2.45) is 23.7 Å². The molecule has 4 saturated heterocycles. The van der Waals surface area contributed by atoms with Crippen LogP contribution in [-0.2, 0) is 24.0 Å². The van der Waals surface area contributed by atoms with E-state index in [1.807, 2.05) is 6.92 Å². The lowest BCUT2D eigenvalue weighted by Crippen LogP contribution is -2.70. The number of fused-ring (bicyclic) bond motifs is 2. The van der Waals surface area contributed by atoms with Crippen LogP contribution in [0, 0.1) is 23.7 Å². The zero-order valence-corrected chi connectivity index (χ0v) is 17.9. The Bertz CT molecular complexity index is 804. The normalized spacial score (nSPS) is 45.6. The maximum atomic E-state index is 13.9. The molecule has 1 saturated carbocycles. The van der Waals surface area contributed by atoms with Crippen LogP contribution in [0.2, 0.25) is 0 Å². The van der Waals surface area contributed by atoms with Crippen molar-refractivity contribution in [1.82, 2.24) is 0 Å². The Morgan fingerprint density at radius 3 is 2.48 bits per heavy atom. The molecule has 5 fully saturated rings. The van der Waals surface area contributed by atoms with Gasteiger partial charge in [-0.2, -0.15) is 13.2 Å². The minimum Gasteiger partial charge on any atom is -0.335 e. The van der Waals surface area contributed by atoms with Crippen LogP contribution in [0.4, 0.5) is 13.2 Å². The summed E-state index contributed by atoms with van der Waals surface area (Å²) in [5.74, 6) is -0.867. The predicted molar refractivity (Wildman–Crippen MR) is 103 cm³/mol. The van der Waals surface area contributed by atoms with E-state index in [2.05, 4.69) is 6.92 Å². The number of benzene rings is 1. The molecule has 0 radical (unpaired) electrons. The maximum absolute atomic E-state index is 13.9. The maximum Gasteiger partial charge on any atom is 0.418 e. The Kier molecular flexibility index (Phi) is 5.18. The summed E-state index contributed by atoms with van der Waals surface area (Å²) < 4.78 is 59.9. The lowest BCUT2D eigenvalue weighted by atomic mass is 9.58. The molecule has 6 rings (SSSR count). The molecule has 0 amide bonds. The molecule has 1 aromatic rings. The number of alkyl halides is 3. The molecule has 1 spiro atoms. The zero-order chi connectivity index (χ0) is 22.0. The van der Waals surface area contributed by atoms with Crippen LogP contribution in [0.5, 0.6) is 0 Å². The lowest BCUT2D eigenvalue weighted by Gasteiger charge is -2.60. The van der Waals surface area contributed by atoms with Gasteiger partial charge in [0.05, 0.1) is 0 Å². The average molecular weight is 442 g/mol. The molecule has 1 aromatic carbocycles. The molecule has 2 bridgehead atoms. The second-order valence-corrected chi connectivity index (χ2v) is 9.74. The van der Waals surface area contributed by atoms with Crippen molar-refractivity contribution in [1.29, 1.82) is 0 Å². The Morgan fingerprint density at radius 2 is 1.77 bits per heavy atom. The highest BCUT2D eigenvalue weighted by Crippen LogP contribution is 2.61. The van der Waals surface area contributed by atoms with E-state index < -0.39 is 36.2 Å². The summed E-state index contributed by atoms with van der Waals surface area (Å²) >= 11 is 0. The SMILES string of the molecule is C[C@@H]1[C@H](OC(c2ccccc2)C(F)(F)F)O[C@@H]2O[C@@]3(C)CC[C@H]4[C@H](C)CC[C@@H]1[C@@]24OO3. The number of halogens is 3. The second-order valence-electron chi connectivity index (χ2n) is 9.74. The van der Waals surface area contributed by atoms with Crippen molar-refractivity contribution in [2.75, 3.05) is 0 Å². The van der Waals surface area contributed by atoms with Crippen LogP contribution in [0.15, 0.2) is 30.3 Å². The average Bonchev–Trinajstić information content (AvgIpc) is 2.95. The summed E-state index contributed by atoms with van der Waals surface area (Å²) in [5, 5.41) is 0. The van der Waals surface area contributed by atoms with Crippen LogP contribution in [0.1, 0.15) is 58.1 Å². The van der Waals surface area contributed by atoms with E-state index >= 15 is 0 Å². The van der Waals surface area contributed by atoms with Gasteiger partial charge in [0.1, 0.15) is 0 Å². The Morgan fingerprint density at radius 1 is 1.03 bits per heavy atom. The van der Waals surface area contributed by atoms with E-state index in [4.69, 9.17) is 24.0 Å². The first kappa shape index (κ1) is 21.6. The molecule has 31 heavy (non-hydrogen) atoms. The van der Waals surface area contributed by atoms with Gasteiger partial charge >= 0.3 is 6.18 Å². The molecule has 172 valence electrons. The van der Waals surface area contributed by atoms with Crippen LogP contribution in [0.25, 0.3) is 0 Å². The van der Waals surface area contributed by atoms with Gasteiger partial charge in [0.25, 0.3) is 0 Å². The summed E-state index contributed by atoms with van der Waals surface area (Å²) in [5.41, 5.74) is -0.774. The number of hydrogen-bond acceptors (Lipinski definition) is 5. The Hall–Kier alpha value is -1.19. The van der Waals surface area contributed by atoms with Gasteiger partial charge in [0.15, 0.2) is 24.3 Å². The topological polar surface area (TPSA) is 46.2 Å². The molecule has 1 unspecified atom stereocenters. The van der Waals surface area contributed by atoms with E-state index in [9.17, 15) is 13.2 Å². The fraction of sp³-hybridized carbons (Fsp3) is 0.739. The van der Waals surface area contributed by atoms with E-state index in [1.165, 1.54) is 12.1 Å². The van der Waals surface area contributed by atoms with Gasteiger partial charge in [-0.15, -0.1) is 0 Å². The molecular formula is C23H29F3O5. The summed E-state index contributed by atoms with van der Waals surface area (Å²) in [6.45, 7) is 5.86. The molecule has 0 aromatic heterocycles. The molecule has 9 atom stereocenters. The van der Waals surface area contributed by atoms with Crippen LogP contribution in [-0.4, -0.2) is 30.1 Å². The highest BCUT2D eigenvalue weighted by Gasteiger charge is 2.69. The van der Waals surface area contributed by atoms with Gasteiger partial charge in [-0.1, -0.05) is 44.2 Å². The van der Waals surface area contributed by atoms with Crippen LogP contribution >= 0.6 is 0 Å². The van der Waals surface area contributed by atoms with Crippen molar-refractivity contribution < 1.29 is 37.2 Å². The Balaban J connectivity index is 1.48. The molecule has 4 aliphatic heterocycles. The van der Waals surface area contributed by atoms with Gasteiger partial charge in [0.2, 0.25) is 5.79 Å². The van der Waals surface area contributed by atoms with Crippen molar-refractivity contribution in [3.63, 3.8) is 0 Å². The third-order valence-electron chi connectivity index (χ3n) is 7.77. The monoisotopic (exact) mass is 442 g/mol. The van der Waals surface area contributed by atoms with E-state index in [0.29, 0.717) is 12.3 Å². The predicted octanol–water partition coefficient (Wildman–Crippen LogP) is 5.51. The van der Waals surface area contributed by atoms with Crippen molar-refractivity contribution in [3.05, 3.63) is 35.9 Å². The van der Waals surface area contributed by atoms with Crippen LogP contribution in [0.3, 0.4) is 0 Å². The standard InChI is InChI=1S/C23H29F3O5/c1-13-9-10-17-14(2)19(27-18(23(24,25)26)15-7-5-4-6-8-15)28-20-22(17)16(13)11-12-21(3,29-20)30-31-22/h4-8,13-14,16-20H,9-12H2,1-3H3/t13-,14+,16+,17+,18?,19-,20-,21-,22-/m1/s1. The van der Waals surface area contributed by atoms with Crippen molar-refractivity contribution in [3.8, 4) is 0 Å². The third kappa shape index (κ3) is 3.42. The summed E-state index contributed by atoms with van der Waals surface area (Å²) in [4.78, 5) is 11.8. The summed E-state index contributed by atoms with van der Waals surface area (Å²) in [7, 11) is 0. The fourth-order valence-electron chi connectivity index (χ4n) is 6.13. The van der Waals surface area contributed by atoms with Gasteiger partial charge in [0, 0.05) is 18.3 Å². The smallest absolute Gasteiger partial charge is 0.335 e. The van der Waals surface area contributed by atoms with Crippen molar-refractivity contribution >= 4 is 0 Å². The molecule has 1 aliphatic carbocycles. The highest BCUT2D eigenvalue weighted by atomic mass is 19.4. The van der Waals surface area contributed by atoms with Crippen LogP contribution < -0.4 is 0 Å². The number of hydrogen-bond donors (Lipinski definition) is 0. The zero-order valence-electron chi connectivity index (χ0n) is 17.9. The first-order valence-electron chi connectivity index (χ1n) is 11.1. The minimum atomic E-state index is -4.57. The molecular weight excluding hydrogens is 413 g/mol. The highest BCUT2D eigenvalue weighted by molar-refractivity contribution is 5.19. The van der Waals surface area contributed by atoms with Gasteiger partial charge in [-0.3, -0.25) is 0 Å². The van der Waals surface area contributed by atoms with E-state index in [-0.39, 0.29) is 23.3 Å². The number of rotatable bonds is 3. The first-order chi connectivity index (χ1) is 14.6. The second kappa shape index (κ2) is 7.42. The molecule has 0 N–H and O–H groups in total. The fourth-order valence-corrected chi connectivity index (χ4v) is 6.13. The quantitative estimate of drug-likeness (QED) is 0.578. The Labute approximate surface area is 180 Å². The molecule has 8 heteroatoms. The van der Waals surface area contributed by atoms with E-state index in [1.54, 1.807) is 25.1 Å². The van der Waals surface area contributed by atoms with Gasteiger partial charge < -0.3 is 14.2 Å². The van der Waals surface area contributed by atoms with Gasteiger partial charge in [-0.05, 0) is 43.6 Å². The largest absolute Gasteiger partial charge is 0.418 e. The minimum absolute atomic E-state index is 0.0519. The third-order valence-corrected chi connectivity index (χ3v) is 7.77. The molecule has 5 nitrogen and oxygen atoms in total. The van der Waals surface area contributed by atoms with E-state index in [0.717, 1.165) is 19.3 Å². The summed E-state index contributed by atoms with van der Waals surface area (Å²) in [6, 6.07) is 7.67. The van der Waals surface area contributed by atoms with Gasteiger partial charge in [-0.25, -0.2) is 9.78 Å². The van der Waals surface area contributed by atoms with Crippen molar-refractivity contribution in [2.45, 2.75) is 82.7 Å². The number of ether oxygens (including phenoxy) is 3. The molecule has 5 aliphatic rings.